The van der Waals surface area contributed by atoms with Crippen molar-refractivity contribution in [2.45, 2.75) is 83.0 Å². The zero-order valence-corrected chi connectivity index (χ0v) is 15.1. The third-order valence-electron chi connectivity index (χ3n) is 9.24. The maximum Gasteiger partial charge on any atom is 0.111 e. The van der Waals surface area contributed by atoms with Crippen LogP contribution in [-0.2, 0) is 4.74 Å². The van der Waals surface area contributed by atoms with Crippen LogP contribution in [0.5, 0.6) is 0 Å². The average molecular weight is 332 g/mol. The van der Waals surface area contributed by atoms with Gasteiger partial charge >= 0.3 is 0 Å². The van der Waals surface area contributed by atoms with Crippen molar-refractivity contribution in [2.75, 3.05) is 6.61 Å². The third-order valence-corrected chi connectivity index (χ3v) is 9.24. The van der Waals surface area contributed by atoms with E-state index in [2.05, 4.69) is 19.9 Å². The first-order valence-corrected chi connectivity index (χ1v) is 10.1. The highest BCUT2D eigenvalue weighted by atomic mass is 16.6. The molecule has 3 heteroatoms. The van der Waals surface area contributed by atoms with Gasteiger partial charge in [-0.2, -0.15) is 0 Å². The molecule has 3 unspecified atom stereocenters. The third kappa shape index (κ3) is 1.74. The molecule has 0 aromatic rings. The molecule has 1 aliphatic heterocycles. The number of ether oxygens (including phenoxy) is 1. The summed E-state index contributed by atoms with van der Waals surface area (Å²) in [6.45, 7) is 5.14. The van der Waals surface area contributed by atoms with Crippen molar-refractivity contribution in [3.8, 4) is 0 Å². The Labute approximate surface area is 145 Å². The maximum absolute atomic E-state index is 10.1. The van der Waals surface area contributed by atoms with Crippen molar-refractivity contribution in [2.24, 2.45) is 28.6 Å². The van der Waals surface area contributed by atoms with Gasteiger partial charge in [0, 0.05) is 5.41 Å². The highest BCUT2D eigenvalue weighted by Gasteiger charge is 2.74. The van der Waals surface area contributed by atoms with Crippen LogP contribution in [0, 0.1) is 28.6 Å². The lowest BCUT2D eigenvalue weighted by atomic mass is 9.47. The van der Waals surface area contributed by atoms with E-state index in [4.69, 9.17) is 4.74 Å². The minimum Gasteiger partial charge on any atom is -0.394 e. The number of hydrogen-bond donors (Lipinski definition) is 2. The van der Waals surface area contributed by atoms with Gasteiger partial charge in [0.1, 0.15) is 11.7 Å². The van der Waals surface area contributed by atoms with Gasteiger partial charge in [0.15, 0.2) is 0 Å². The zero-order valence-electron chi connectivity index (χ0n) is 15.1. The van der Waals surface area contributed by atoms with Crippen molar-refractivity contribution in [1.82, 2.24) is 0 Å². The summed E-state index contributed by atoms with van der Waals surface area (Å²) in [6, 6.07) is 0. The Kier molecular flexibility index (Phi) is 3.21. The highest BCUT2D eigenvalue weighted by Crippen LogP contribution is 2.72. The molecule has 2 N–H and O–H groups in total. The fourth-order valence-corrected chi connectivity index (χ4v) is 7.80. The number of epoxide rings is 1. The predicted octanol–water partition coefficient (Wildman–Crippen LogP) is 3.44. The summed E-state index contributed by atoms with van der Waals surface area (Å²) in [6.07, 6.45) is 11.7. The van der Waals surface area contributed by atoms with E-state index in [-0.39, 0.29) is 29.8 Å². The molecule has 1 saturated heterocycles. The lowest BCUT2D eigenvalue weighted by Crippen LogP contribution is -2.52. The zero-order chi connectivity index (χ0) is 16.7. The van der Waals surface area contributed by atoms with E-state index >= 15 is 0 Å². The van der Waals surface area contributed by atoms with Gasteiger partial charge in [-0.25, -0.2) is 0 Å². The topological polar surface area (TPSA) is 53.0 Å². The molecule has 3 nitrogen and oxygen atoms in total. The van der Waals surface area contributed by atoms with Crippen LogP contribution in [0.3, 0.4) is 0 Å². The van der Waals surface area contributed by atoms with E-state index in [0.29, 0.717) is 5.41 Å². The van der Waals surface area contributed by atoms with Gasteiger partial charge in [0.25, 0.3) is 0 Å². The highest BCUT2D eigenvalue weighted by molar-refractivity contribution is 5.28. The quantitative estimate of drug-likeness (QED) is 0.571. The summed E-state index contributed by atoms with van der Waals surface area (Å²) >= 11 is 0. The van der Waals surface area contributed by atoms with Gasteiger partial charge in [-0.05, 0) is 74.5 Å². The Morgan fingerprint density at radius 2 is 1.92 bits per heavy atom. The van der Waals surface area contributed by atoms with Gasteiger partial charge in [-0.15, -0.1) is 0 Å². The molecule has 0 aromatic heterocycles. The van der Waals surface area contributed by atoms with Gasteiger partial charge in [0.05, 0.1) is 12.7 Å². The molecule has 0 aromatic carbocycles. The van der Waals surface area contributed by atoms with Crippen LogP contribution in [0.25, 0.3) is 0 Å². The SMILES string of the molecule is C[C@]12CC[C@H](O)CC1=CCC1C2CC[C@@]2(C)C1CC[C@@]21O[C@@H]1CO. The maximum atomic E-state index is 10.1. The fourth-order valence-electron chi connectivity index (χ4n) is 7.80. The molecule has 1 heterocycles. The van der Waals surface area contributed by atoms with Crippen molar-refractivity contribution in [3.05, 3.63) is 11.6 Å². The second-order valence-electron chi connectivity index (χ2n) is 9.83. The predicted molar refractivity (Wildman–Crippen MR) is 92.4 cm³/mol. The van der Waals surface area contributed by atoms with E-state index in [0.717, 1.165) is 43.4 Å². The van der Waals surface area contributed by atoms with Gasteiger partial charge < -0.3 is 14.9 Å². The first-order valence-electron chi connectivity index (χ1n) is 10.1. The van der Waals surface area contributed by atoms with Crippen LogP contribution < -0.4 is 0 Å². The molecule has 0 amide bonds. The van der Waals surface area contributed by atoms with Gasteiger partial charge in [-0.3, -0.25) is 0 Å². The smallest absolute Gasteiger partial charge is 0.111 e. The summed E-state index contributed by atoms with van der Waals surface area (Å²) in [5, 5.41) is 19.7. The van der Waals surface area contributed by atoms with E-state index in [1.54, 1.807) is 5.57 Å². The van der Waals surface area contributed by atoms with E-state index in [1.807, 2.05) is 0 Å². The van der Waals surface area contributed by atoms with Crippen LogP contribution in [0.1, 0.15) is 65.2 Å². The number of aliphatic hydroxyl groups excluding tert-OH is 2. The molecule has 0 bridgehead atoms. The Hall–Kier alpha value is -0.380. The summed E-state index contributed by atoms with van der Waals surface area (Å²) < 4.78 is 6.11. The lowest BCUT2D eigenvalue weighted by molar-refractivity contribution is -0.0558. The Bertz CT molecular complexity index is 586. The number of hydrogen-bond acceptors (Lipinski definition) is 3. The summed E-state index contributed by atoms with van der Waals surface area (Å²) in [4.78, 5) is 0. The number of fused-ring (bicyclic) bond motifs is 6. The number of rotatable bonds is 1. The summed E-state index contributed by atoms with van der Waals surface area (Å²) in [5.74, 6) is 2.30. The Balaban J connectivity index is 1.47. The summed E-state index contributed by atoms with van der Waals surface area (Å²) in [7, 11) is 0. The molecule has 3 saturated carbocycles. The minimum absolute atomic E-state index is 0.00889. The second kappa shape index (κ2) is 4.86. The number of allylic oxidation sites excluding steroid dienone is 1. The first-order chi connectivity index (χ1) is 11.4. The molecule has 134 valence electrons. The van der Waals surface area contributed by atoms with E-state index < -0.39 is 0 Å². The van der Waals surface area contributed by atoms with Crippen LogP contribution in [0.2, 0.25) is 0 Å². The first kappa shape index (κ1) is 15.8. The molecule has 4 fully saturated rings. The Morgan fingerprint density at radius 1 is 1.12 bits per heavy atom. The molecular weight excluding hydrogens is 300 g/mol. The normalized spacial score (nSPS) is 58.7. The average Bonchev–Trinajstić information content (AvgIpc) is 3.21. The van der Waals surface area contributed by atoms with Crippen LogP contribution in [0.15, 0.2) is 11.6 Å². The molecule has 4 aliphatic carbocycles. The molecular formula is C21H32O3. The molecule has 5 rings (SSSR count). The molecule has 24 heavy (non-hydrogen) atoms. The van der Waals surface area contributed by atoms with Gasteiger partial charge in [0.2, 0.25) is 0 Å². The van der Waals surface area contributed by atoms with Crippen LogP contribution >= 0.6 is 0 Å². The van der Waals surface area contributed by atoms with Crippen molar-refractivity contribution >= 4 is 0 Å². The number of aliphatic hydroxyl groups is 2. The molecule has 0 radical (unpaired) electrons. The van der Waals surface area contributed by atoms with Crippen LogP contribution in [0.4, 0.5) is 0 Å². The standard InChI is InChI=1S/C21H32O3/c1-19-8-5-14(23)11-13(19)3-4-15-16(19)6-9-20(2)17(15)7-10-21(20)18(12-22)24-21/h3,14-18,22-23H,4-12H2,1-2H3/t14-,15?,16?,17?,18+,19-,20-,21-/m0/s1. The lowest BCUT2D eigenvalue weighted by Gasteiger charge is -2.57. The largest absolute Gasteiger partial charge is 0.394 e. The van der Waals surface area contributed by atoms with E-state index in [1.165, 1.54) is 25.7 Å². The summed E-state index contributed by atoms with van der Waals surface area (Å²) in [5.41, 5.74) is 2.12. The van der Waals surface area contributed by atoms with Crippen molar-refractivity contribution in [1.29, 1.82) is 0 Å². The molecule has 1 spiro atoms. The van der Waals surface area contributed by atoms with Crippen molar-refractivity contribution < 1.29 is 14.9 Å². The fraction of sp³-hybridized carbons (Fsp3) is 0.905. The molecule has 5 aliphatic rings. The second-order valence-corrected chi connectivity index (χ2v) is 9.83. The van der Waals surface area contributed by atoms with E-state index in [9.17, 15) is 10.2 Å². The molecule has 8 atom stereocenters. The minimum atomic E-state index is -0.116. The van der Waals surface area contributed by atoms with Crippen molar-refractivity contribution in [3.63, 3.8) is 0 Å². The van der Waals surface area contributed by atoms with Gasteiger partial charge in [-0.1, -0.05) is 25.5 Å². The monoisotopic (exact) mass is 332 g/mol. The Morgan fingerprint density at radius 3 is 2.67 bits per heavy atom. The van der Waals surface area contributed by atoms with Crippen LogP contribution in [-0.4, -0.2) is 34.6 Å².